The predicted molar refractivity (Wildman–Crippen MR) is 128 cm³/mol. The molecule has 33 heavy (non-hydrogen) atoms. The summed E-state index contributed by atoms with van der Waals surface area (Å²) in [6.45, 7) is 4.74. The van der Waals surface area contributed by atoms with E-state index in [2.05, 4.69) is 73.8 Å². The van der Waals surface area contributed by atoms with Gasteiger partial charge < -0.3 is 9.72 Å². The van der Waals surface area contributed by atoms with Crippen LogP contribution in [0.15, 0.2) is 49.1 Å². The van der Waals surface area contributed by atoms with E-state index in [1.807, 2.05) is 17.1 Å². The third kappa shape index (κ3) is 4.02. The van der Waals surface area contributed by atoms with Crippen molar-refractivity contribution in [3.8, 4) is 11.3 Å². The van der Waals surface area contributed by atoms with E-state index < -0.39 is 0 Å². The number of nitrogens with one attached hydrogen (secondary N) is 2. The summed E-state index contributed by atoms with van der Waals surface area (Å²) >= 11 is 0. The molecule has 0 amide bonds. The van der Waals surface area contributed by atoms with Crippen LogP contribution in [0.3, 0.4) is 0 Å². The number of imidazole rings is 1. The van der Waals surface area contributed by atoms with Crippen molar-refractivity contribution < 1.29 is 0 Å². The van der Waals surface area contributed by atoms with E-state index in [1.54, 1.807) is 0 Å². The lowest BCUT2D eigenvalue weighted by molar-refractivity contribution is 0.301. The number of pyridine rings is 1. The Kier molecular flexibility index (Phi) is 5.14. The molecule has 0 radical (unpaired) electrons. The minimum atomic E-state index is 0.575. The summed E-state index contributed by atoms with van der Waals surface area (Å²) in [5, 5.41) is 20.7. The van der Waals surface area contributed by atoms with Gasteiger partial charge in [-0.15, -0.1) is 5.10 Å². The van der Waals surface area contributed by atoms with Crippen LogP contribution in [0.2, 0.25) is 0 Å². The maximum atomic E-state index is 4.77. The van der Waals surface area contributed by atoms with Gasteiger partial charge in [0.2, 0.25) is 0 Å². The van der Waals surface area contributed by atoms with E-state index in [4.69, 9.17) is 4.98 Å². The number of hydrogen-bond acceptors (Lipinski definition) is 5. The second-order valence-corrected chi connectivity index (χ2v) is 9.09. The molecule has 1 aliphatic carbocycles. The Labute approximate surface area is 192 Å². The summed E-state index contributed by atoms with van der Waals surface area (Å²) in [7, 11) is 0. The number of benzene rings is 1. The van der Waals surface area contributed by atoms with Crippen LogP contribution in [0.25, 0.3) is 27.8 Å². The highest BCUT2D eigenvalue weighted by Crippen LogP contribution is 2.28. The fourth-order valence-electron chi connectivity index (χ4n) is 4.58. The van der Waals surface area contributed by atoms with Crippen molar-refractivity contribution in [2.45, 2.75) is 45.7 Å². The van der Waals surface area contributed by atoms with Crippen molar-refractivity contribution in [1.29, 1.82) is 0 Å². The molecule has 6 rings (SSSR count). The fourth-order valence-corrected chi connectivity index (χ4v) is 4.58. The number of H-pyrrole nitrogens is 1. The van der Waals surface area contributed by atoms with Crippen LogP contribution in [0.1, 0.15) is 43.0 Å². The van der Waals surface area contributed by atoms with Crippen LogP contribution in [0, 0.1) is 5.92 Å². The molecule has 0 bridgehead atoms. The minimum absolute atomic E-state index is 0.575. The predicted octanol–water partition coefficient (Wildman–Crippen LogP) is 3.97. The Morgan fingerprint density at radius 3 is 2.91 bits per heavy atom. The Morgan fingerprint density at radius 2 is 2.06 bits per heavy atom. The van der Waals surface area contributed by atoms with Crippen molar-refractivity contribution >= 4 is 16.6 Å². The van der Waals surface area contributed by atoms with E-state index in [-0.39, 0.29) is 0 Å². The molecular weight excluding hydrogens is 412 g/mol. The molecule has 0 unspecified atom stereocenters. The van der Waals surface area contributed by atoms with Crippen molar-refractivity contribution in [1.82, 2.24) is 39.9 Å². The normalized spacial score (nSPS) is 14.3. The molecule has 1 fully saturated rings. The van der Waals surface area contributed by atoms with E-state index >= 15 is 0 Å². The maximum absolute atomic E-state index is 4.77. The zero-order valence-corrected chi connectivity index (χ0v) is 18.8. The summed E-state index contributed by atoms with van der Waals surface area (Å²) in [6.07, 6.45) is 13.2. The fraction of sp³-hybridized carbons (Fsp3) is 0.360. The van der Waals surface area contributed by atoms with Gasteiger partial charge in [0.05, 0.1) is 30.1 Å². The van der Waals surface area contributed by atoms with E-state index in [1.165, 1.54) is 30.4 Å². The number of fused-ring (bicyclic) bond motifs is 2. The quantitative estimate of drug-likeness (QED) is 0.381. The first-order chi connectivity index (χ1) is 16.2. The van der Waals surface area contributed by atoms with Crippen molar-refractivity contribution in [2.75, 3.05) is 6.54 Å². The monoisotopic (exact) mass is 440 g/mol. The lowest BCUT2D eigenvalue weighted by Gasteiger charge is -2.25. The highest BCUT2D eigenvalue weighted by atomic mass is 15.4. The molecule has 0 atom stereocenters. The summed E-state index contributed by atoms with van der Waals surface area (Å²) in [6, 6.07) is 8.56. The van der Waals surface area contributed by atoms with Gasteiger partial charge in [-0.1, -0.05) is 24.6 Å². The van der Waals surface area contributed by atoms with Crippen molar-refractivity contribution in [2.24, 2.45) is 5.92 Å². The molecule has 0 saturated heterocycles. The van der Waals surface area contributed by atoms with Gasteiger partial charge in [0.15, 0.2) is 0 Å². The molecule has 8 nitrogen and oxygen atoms in total. The van der Waals surface area contributed by atoms with E-state index in [0.29, 0.717) is 6.54 Å². The summed E-state index contributed by atoms with van der Waals surface area (Å²) in [5.74, 6) is 0.871. The van der Waals surface area contributed by atoms with Gasteiger partial charge in [0, 0.05) is 29.9 Å². The number of aryl methyl sites for hydroxylation is 1. The summed E-state index contributed by atoms with van der Waals surface area (Å²) in [5.41, 5.74) is 7.35. The lowest BCUT2D eigenvalue weighted by Crippen LogP contribution is -2.26. The van der Waals surface area contributed by atoms with Gasteiger partial charge in [-0.2, -0.15) is 5.10 Å². The highest BCUT2D eigenvalue weighted by molar-refractivity contribution is 5.93. The van der Waals surface area contributed by atoms with Crippen LogP contribution in [0.5, 0.6) is 0 Å². The topological polar surface area (TPSA) is 88.7 Å². The Balaban J connectivity index is 1.19. The van der Waals surface area contributed by atoms with Gasteiger partial charge in [0.1, 0.15) is 11.3 Å². The number of rotatable bonds is 8. The molecule has 5 aromatic rings. The molecule has 4 aromatic heterocycles. The van der Waals surface area contributed by atoms with Crippen LogP contribution < -0.4 is 5.32 Å². The van der Waals surface area contributed by atoms with Crippen molar-refractivity contribution in [3.05, 3.63) is 65.9 Å². The van der Waals surface area contributed by atoms with E-state index in [0.717, 1.165) is 58.9 Å². The third-order valence-corrected chi connectivity index (χ3v) is 6.71. The average Bonchev–Trinajstić information content (AvgIpc) is 3.53. The van der Waals surface area contributed by atoms with E-state index in [9.17, 15) is 0 Å². The first-order valence-corrected chi connectivity index (χ1v) is 11.8. The Hall–Kier alpha value is -3.52. The lowest BCUT2D eigenvalue weighted by atomic mass is 9.85. The number of aromatic nitrogens is 7. The molecule has 1 aliphatic rings. The van der Waals surface area contributed by atoms with Gasteiger partial charge in [-0.25, -0.2) is 9.67 Å². The maximum Gasteiger partial charge on any atom is 0.137 e. The van der Waals surface area contributed by atoms with Crippen molar-refractivity contribution in [3.63, 3.8) is 0 Å². The highest BCUT2D eigenvalue weighted by Gasteiger charge is 2.16. The van der Waals surface area contributed by atoms with Gasteiger partial charge in [0.25, 0.3) is 0 Å². The second kappa shape index (κ2) is 8.44. The molecule has 8 heteroatoms. The number of aromatic amines is 1. The van der Waals surface area contributed by atoms with Crippen LogP contribution in [0.4, 0.5) is 0 Å². The average molecular weight is 441 g/mol. The van der Waals surface area contributed by atoms with Crippen LogP contribution in [-0.2, 0) is 19.5 Å². The Bertz CT molecular complexity index is 1400. The summed E-state index contributed by atoms with van der Waals surface area (Å²) in [4.78, 5) is 4.77. The molecule has 0 aliphatic heterocycles. The standard InChI is InChI=1S/C25H28N8/c1-2-17-8-21(22-12-27-29-23(22)9-17)24-16-33(31-30-24)15-20-14-32-13-19(6-7-25(32)28-20)11-26-10-18-4-3-5-18/h6-9,12-14,16,18,26H,2-5,10-11,15H2,1H3,(H,27,29). The molecule has 4 heterocycles. The Morgan fingerprint density at radius 1 is 1.12 bits per heavy atom. The smallest absolute Gasteiger partial charge is 0.137 e. The molecular formula is C25H28N8. The first-order valence-electron chi connectivity index (χ1n) is 11.8. The SMILES string of the molecule is CCc1cc(-c2cn(Cc3cn4cc(CNCC5CCC5)ccc4n3)nn2)c2cn[nH]c2c1. The van der Waals surface area contributed by atoms with Crippen LogP contribution >= 0.6 is 0 Å². The second-order valence-electron chi connectivity index (χ2n) is 9.09. The third-order valence-electron chi connectivity index (χ3n) is 6.71. The zero-order chi connectivity index (χ0) is 22.2. The molecule has 1 saturated carbocycles. The minimum Gasteiger partial charge on any atom is -0.312 e. The largest absolute Gasteiger partial charge is 0.312 e. The zero-order valence-electron chi connectivity index (χ0n) is 18.8. The van der Waals surface area contributed by atoms with Crippen LogP contribution in [-0.4, -0.2) is 41.1 Å². The molecule has 1 aromatic carbocycles. The summed E-state index contributed by atoms with van der Waals surface area (Å²) < 4.78 is 3.95. The van der Waals surface area contributed by atoms with Gasteiger partial charge in [-0.05, 0) is 61.1 Å². The number of nitrogens with zero attached hydrogens (tertiary/aromatic N) is 6. The van der Waals surface area contributed by atoms with Gasteiger partial charge >= 0.3 is 0 Å². The molecule has 2 N–H and O–H groups in total. The molecule has 168 valence electrons. The molecule has 0 spiro atoms. The van der Waals surface area contributed by atoms with Gasteiger partial charge in [-0.3, -0.25) is 5.10 Å². The first kappa shape index (κ1) is 20.1. The number of hydrogen-bond donors (Lipinski definition) is 2.